The van der Waals surface area contributed by atoms with Gasteiger partial charge >= 0.3 is 26.5 Å². The van der Waals surface area contributed by atoms with Crippen molar-refractivity contribution in [1.82, 2.24) is 4.98 Å². The molecular formula is C10H12BrLiNO5P. The number of ether oxygens (including phenoxy) is 1. The fraction of sp³-hybridized carbons (Fsp3) is 0.300. The van der Waals surface area contributed by atoms with Crippen LogP contribution >= 0.6 is 23.5 Å². The Morgan fingerprint density at radius 1 is 1.42 bits per heavy atom. The second-order valence-electron chi connectivity index (χ2n) is 3.11. The van der Waals surface area contributed by atoms with E-state index in [0.717, 1.165) is 5.82 Å². The smallest absolute Gasteiger partial charge is 0.872 e. The number of hydrogen-bond acceptors (Lipinski definition) is 6. The summed E-state index contributed by atoms with van der Waals surface area (Å²) >= 11 is 3.19. The Balaban J connectivity index is 0.00000324. The molecule has 0 aliphatic rings. The molecule has 0 spiro atoms. The van der Waals surface area contributed by atoms with Gasteiger partial charge in [-0.15, -0.1) is 0 Å². The summed E-state index contributed by atoms with van der Waals surface area (Å²) in [7, 11) is 0.265. The third-order valence-corrected chi connectivity index (χ3v) is 4.06. The van der Waals surface area contributed by atoms with Gasteiger partial charge in [-0.1, -0.05) is 5.76 Å². The second kappa shape index (κ2) is 8.10. The molecular weight excluding hydrogens is 332 g/mol. The molecule has 0 aliphatic carbocycles. The van der Waals surface area contributed by atoms with Crippen molar-refractivity contribution in [3.05, 3.63) is 28.1 Å². The van der Waals surface area contributed by atoms with Crippen molar-refractivity contribution in [2.75, 3.05) is 21.3 Å². The van der Waals surface area contributed by atoms with Crippen LogP contribution in [0.15, 0.2) is 22.6 Å². The van der Waals surface area contributed by atoms with Crippen molar-refractivity contribution in [1.29, 1.82) is 0 Å². The van der Waals surface area contributed by atoms with Gasteiger partial charge in [-0.2, -0.15) is 0 Å². The summed E-state index contributed by atoms with van der Waals surface area (Å²) in [5.41, 5.74) is 0.168. The van der Waals surface area contributed by atoms with Gasteiger partial charge < -0.3 is 18.9 Å². The van der Waals surface area contributed by atoms with Gasteiger partial charge in [0, 0.05) is 36.3 Å². The predicted molar refractivity (Wildman–Crippen MR) is 68.1 cm³/mol. The molecule has 0 aromatic carbocycles. The van der Waals surface area contributed by atoms with Gasteiger partial charge in [0.1, 0.15) is 0 Å². The van der Waals surface area contributed by atoms with Crippen LogP contribution in [-0.2, 0) is 13.6 Å². The quantitative estimate of drug-likeness (QED) is 0.387. The normalized spacial score (nSPS) is 11.9. The first-order valence-corrected chi connectivity index (χ1v) is 7.17. The number of nitrogens with zero attached hydrogens (tertiary/aromatic N) is 1. The van der Waals surface area contributed by atoms with Crippen LogP contribution in [-0.4, -0.2) is 26.3 Å². The average Bonchev–Trinajstić information content (AvgIpc) is 2.38. The van der Waals surface area contributed by atoms with Gasteiger partial charge in [-0.05, 0) is 22.0 Å². The molecule has 1 heterocycles. The van der Waals surface area contributed by atoms with Crippen molar-refractivity contribution in [2.45, 2.75) is 0 Å². The number of pyridine rings is 1. The zero-order chi connectivity index (χ0) is 13.8. The topological polar surface area (TPSA) is 80.7 Å². The van der Waals surface area contributed by atoms with Crippen molar-refractivity contribution >= 4 is 29.3 Å². The van der Waals surface area contributed by atoms with E-state index < -0.39 is 13.4 Å². The third-order valence-electron chi connectivity index (χ3n) is 2.06. The summed E-state index contributed by atoms with van der Waals surface area (Å²) in [4.78, 5) is 3.92. The zero-order valence-corrected chi connectivity index (χ0v) is 13.5. The van der Waals surface area contributed by atoms with Crippen molar-refractivity contribution in [3.8, 4) is 5.88 Å². The van der Waals surface area contributed by atoms with E-state index >= 15 is 0 Å². The SMILES string of the molecule is COc1ncc(Br)cc1/C([O-])=C/P(=O)(OC)OC.[Li+]. The summed E-state index contributed by atoms with van der Waals surface area (Å²) in [6.07, 6.45) is 1.49. The van der Waals surface area contributed by atoms with Crippen LogP contribution in [0.2, 0.25) is 0 Å². The summed E-state index contributed by atoms with van der Waals surface area (Å²) in [6, 6.07) is 1.51. The van der Waals surface area contributed by atoms with Gasteiger partial charge in [-0.25, -0.2) is 4.98 Å². The molecule has 0 unspecified atom stereocenters. The average molecular weight is 344 g/mol. The minimum atomic E-state index is -3.52. The third kappa shape index (κ3) is 4.96. The van der Waals surface area contributed by atoms with E-state index in [1.807, 2.05) is 0 Å². The number of aromatic nitrogens is 1. The monoisotopic (exact) mass is 343 g/mol. The minimum Gasteiger partial charge on any atom is -0.872 e. The number of hydrogen-bond donors (Lipinski definition) is 0. The molecule has 0 atom stereocenters. The summed E-state index contributed by atoms with van der Waals surface area (Å²) in [5, 5.41) is 12.0. The fourth-order valence-corrected chi connectivity index (χ4v) is 2.28. The molecule has 0 amide bonds. The van der Waals surface area contributed by atoms with E-state index in [0.29, 0.717) is 4.47 Å². The first kappa shape index (κ1) is 18.7. The van der Waals surface area contributed by atoms with E-state index in [-0.39, 0.29) is 30.3 Å². The first-order valence-electron chi connectivity index (χ1n) is 4.76. The second-order valence-corrected chi connectivity index (χ2v) is 6.09. The Kier molecular flexibility index (Phi) is 7.98. The van der Waals surface area contributed by atoms with Crippen molar-refractivity contribution < 1.29 is 42.3 Å². The van der Waals surface area contributed by atoms with Crippen LogP contribution in [0.3, 0.4) is 0 Å². The van der Waals surface area contributed by atoms with Crippen molar-refractivity contribution in [2.24, 2.45) is 0 Å². The van der Waals surface area contributed by atoms with E-state index in [1.165, 1.54) is 33.6 Å². The Hall–Kier alpha value is -0.283. The number of methoxy groups -OCH3 is 1. The molecule has 1 aromatic rings. The fourth-order valence-electron chi connectivity index (χ4n) is 1.16. The maximum absolute atomic E-state index is 12.0. The summed E-state index contributed by atoms with van der Waals surface area (Å²) < 4.78 is 26.7. The molecule has 0 saturated carbocycles. The Morgan fingerprint density at radius 3 is 2.47 bits per heavy atom. The first-order chi connectivity index (χ1) is 8.45. The maximum Gasteiger partial charge on any atom is 1.00 e. The van der Waals surface area contributed by atoms with Crippen molar-refractivity contribution in [3.63, 3.8) is 0 Å². The molecule has 0 fully saturated rings. The van der Waals surface area contributed by atoms with Crippen LogP contribution < -0.4 is 28.7 Å². The maximum atomic E-state index is 12.0. The van der Waals surface area contributed by atoms with Gasteiger partial charge in [0.25, 0.3) is 0 Å². The summed E-state index contributed by atoms with van der Waals surface area (Å²) in [5.74, 6) is 0.477. The molecule has 19 heavy (non-hydrogen) atoms. The molecule has 0 bridgehead atoms. The van der Waals surface area contributed by atoms with Crippen LogP contribution in [0.5, 0.6) is 5.88 Å². The molecule has 100 valence electrons. The molecule has 1 aromatic heterocycles. The molecule has 0 N–H and O–H groups in total. The predicted octanol–water partition coefficient (Wildman–Crippen LogP) is -0.999. The Labute approximate surface area is 132 Å². The van der Waals surface area contributed by atoms with Gasteiger partial charge in [0.2, 0.25) is 5.88 Å². The van der Waals surface area contributed by atoms with Crippen LogP contribution in [0.4, 0.5) is 0 Å². The Morgan fingerprint density at radius 2 is 2.00 bits per heavy atom. The van der Waals surface area contributed by atoms with E-state index in [2.05, 4.69) is 30.0 Å². The molecule has 6 nitrogen and oxygen atoms in total. The molecule has 0 radical (unpaired) electrons. The van der Waals surface area contributed by atoms with E-state index in [9.17, 15) is 9.67 Å². The standard InChI is InChI=1S/C10H13BrNO5P.Li/c1-15-10-8(4-7(11)5-12-10)9(13)6-18(14,16-2)17-3;/h4-6,13H,1-3H3;/q;+1/p-1/b9-6-;. The molecule has 0 saturated heterocycles. The van der Waals surface area contributed by atoms with Crippen LogP contribution in [0.25, 0.3) is 5.76 Å². The van der Waals surface area contributed by atoms with Gasteiger partial charge in [0.05, 0.1) is 7.11 Å². The number of rotatable bonds is 5. The summed E-state index contributed by atoms with van der Waals surface area (Å²) in [6.45, 7) is 0. The minimum absolute atomic E-state index is 0. The molecule has 0 aliphatic heterocycles. The van der Waals surface area contributed by atoms with Gasteiger partial charge in [0.15, 0.2) is 0 Å². The Bertz CT molecular complexity index is 503. The van der Waals surface area contributed by atoms with E-state index in [4.69, 9.17) is 4.74 Å². The molecule has 1 rings (SSSR count). The largest absolute Gasteiger partial charge is 1.00 e. The van der Waals surface area contributed by atoms with E-state index in [1.54, 1.807) is 0 Å². The van der Waals surface area contributed by atoms with Crippen LogP contribution in [0, 0.1) is 0 Å². The number of halogens is 1. The zero-order valence-electron chi connectivity index (χ0n) is 11.0. The molecule has 9 heteroatoms. The van der Waals surface area contributed by atoms with Gasteiger partial charge in [-0.3, -0.25) is 4.57 Å². The van der Waals surface area contributed by atoms with Crippen LogP contribution in [0.1, 0.15) is 5.56 Å².